The van der Waals surface area contributed by atoms with Crippen LogP contribution in [0, 0.1) is 5.82 Å². The van der Waals surface area contributed by atoms with Crippen molar-refractivity contribution in [3.63, 3.8) is 0 Å². The summed E-state index contributed by atoms with van der Waals surface area (Å²) in [5, 5.41) is 3.19. The Bertz CT molecular complexity index is 297. The molecule has 1 aliphatic rings. The highest BCUT2D eigenvalue weighted by Crippen LogP contribution is 2.17. The van der Waals surface area contributed by atoms with Crippen LogP contribution in [-0.2, 0) is 4.74 Å². The van der Waals surface area contributed by atoms with Crippen molar-refractivity contribution in [2.24, 2.45) is 0 Å². The van der Waals surface area contributed by atoms with E-state index >= 15 is 0 Å². The number of benzene rings is 1. The van der Waals surface area contributed by atoms with Gasteiger partial charge in [0, 0.05) is 19.3 Å². The molecule has 0 aliphatic carbocycles. The third-order valence-electron chi connectivity index (χ3n) is 2.45. The van der Waals surface area contributed by atoms with E-state index in [0.29, 0.717) is 11.7 Å². The number of hydrogen-bond donors (Lipinski definition) is 1. The van der Waals surface area contributed by atoms with E-state index in [4.69, 9.17) is 4.74 Å². The molecule has 3 heteroatoms. The molecule has 1 N–H and O–H groups in total. The van der Waals surface area contributed by atoms with E-state index in [9.17, 15) is 4.39 Å². The Morgan fingerprint density at radius 1 is 1.21 bits per heavy atom. The van der Waals surface area contributed by atoms with Gasteiger partial charge in [0.2, 0.25) is 0 Å². The number of rotatable bonds is 2. The Morgan fingerprint density at radius 2 is 1.93 bits per heavy atom. The highest BCUT2D eigenvalue weighted by Gasteiger charge is 2.14. The van der Waals surface area contributed by atoms with Gasteiger partial charge in [-0.05, 0) is 25.0 Å². The van der Waals surface area contributed by atoms with E-state index in [1.54, 1.807) is 12.1 Å². The first-order chi connectivity index (χ1) is 6.86. The van der Waals surface area contributed by atoms with Crippen LogP contribution in [0.4, 0.5) is 10.1 Å². The summed E-state index contributed by atoms with van der Waals surface area (Å²) >= 11 is 0. The maximum atomic E-state index is 13.3. The molecule has 1 aromatic carbocycles. The highest BCUT2D eigenvalue weighted by atomic mass is 19.1. The largest absolute Gasteiger partial charge is 0.381 e. The number of hydrogen-bond acceptors (Lipinski definition) is 2. The molecule has 1 saturated heterocycles. The second kappa shape index (κ2) is 4.42. The molecular formula is C11H14FNO. The monoisotopic (exact) mass is 195 g/mol. The highest BCUT2D eigenvalue weighted by molar-refractivity contribution is 5.45. The normalized spacial score (nSPS) is 18.1. The van der Waals surface area contributed by atoms with Gasteiger partial charge in [0.15, 0.2) is 0 Å². The Kier molecular flexibility index (Phi) is 2.99. The first kappa shape index (κ1) is 9.46. The first-order valence-corrected chi connectivity index (χ1v) is 4.95. The average Bonchev–Trinajstić information content (AvgIpc) is 2.23. The summed E-state index contributed by atoms with van der Waals surface area (Å²) < 4.78 is 18.5. The Morgan fingerprint density at radius 3 is 2.64 bits per heavy atom. The first-order valence-electron chi connectivity index (χ1n) is 4.95. The van der Waals surface area contributed by atoms with Crippen molar-refractivity contribution in [3.05, 3.63) is 30.1 Å². The van der Waals surface area contributed by atoms with Crippen LogP contribution in [-0.4, -0.2) is 19.3 Å². The van der Waals surface area contributed by atoms with Gasteiger partial charge in [0.1, 0.15) is 5.82 Å². The predicted octanol–water partition coefficient (Wildman–Crippen LogP) is 2.42. The summed E-state index contributed by atoms with van der Waals surface area (Å²) in [6.07, 6.45) is 1.91. The third kappa shape index (κ3) is 2.23. The lowest BCUT2D eigenvalue weighted by molar-refractivity contribution is 0.0904. The minimum atomic E-state index is -0.181. The molecule has 2 rings (SSSR count). The molecule has 0 saturated carbocycles. The fourth-order valence-corrected chi connectivity index (χ4v) is 1.64. The van der Waals surface area contributed by atoms with Crippen LogP contribution in [0.2, 0.25) is 0 Å². The van der Waals surface area contributed by atoms with Crippen LogP contribution in [0.3, 0.4) is 0 Å². The van der Waals surface area contributed by atoms with Gasteiger partial charge in [-0.2, -0.15) is 0 Å². The second-order valence-electron chi connectivity index (χ2n) is 3.51. The van der Waals surface area contributed by atoms with E-state index in [1.165, 1.54) is 6.07 Å². The van der Waals surface area contributed by atoms with Gasteiger partial charge in [-0.15, -0.1) is 0 Å². The lowest BCUT2D eigenvalue weighted by Gasteiger charge is -2.24. The third-order valence-corrected chi connectivity index (χ3v) is 2.45. The molecule has 0 bridgehead atoms. The zero-order chi connectivity index (χ0) is 9.80. The Labute approximate surface area is 83.1 Å². The van der Waals surface area contributed by atoms with Gasteiger partial charge in [-0.25, -0.2) is 4.39 Å². The number of nitrogens with one attached hydrogen (secondary N) is 1. The zero-order valence-electron chi connectivity index (χ0n) is 8.00. The minimum Gasteiger partial charge on any atom is -0.381 e. The zero-order valence-corrected chi connectivity index (χ0v) is 8.00. The molecule has 1 heterocycles. The SMILES string of the molecule is Fc1ccccc1NC1CCOCC1. The minimum absolute atomic E-state index is 0.181. The average molecular weight is 195 g/mol. The van der Waals surface area contributed by atoms with Crippen molar-refractivity contribution < 1.29 is 9.13 Å². The Hall–Kier alpha value is -1.09. The second-order valence-corrected chi connectivity index (χ2v) is 3.51. The molecular weight excluding hydrogens is 181 g/mol. The summed E-state index contributed by atoms with van der Waals surface area (Å²) in [5.74, 6) is -0.181. The summed E-state index contributed by atoms with van der Waals surface area (Å²) in [6.45, 7) is 1.54. The fourth-order valence-electron chi connectivity index (χ4n) is 1.64. The predicted molar refractivity (Wildman–Crippen MR) is 53.9 cm³/mol. The molecule has 1 aliphatic heterocycles. The molecule has 0 spiro atoms. The molecule has 0 aromatic heterocycles. The van der Waals surface area contributed by atoms with Gasteiger partial charge >= 0.3 is 0 Å². The standard InChI is InChI=1S/C11H14FNO/c12-10-3-1-2-4-11(10)13-9-5-7-14-8-6-9/h1-4,9,13H,5-8H2. The lowest BCUT2D eigenvalue weighted by Crippen LogP contribution is -2.28. The van der Waals surface area contributed by atoms with Crippen molar-refractivity contribution in [3.8, 4) is 0 Å². The molecule has 0 radical (unpaired) electrons. The van der Waals surface area contributed by atoms with Crippen LogP contribution in [0.25, 0.3) is 0 Å². The van der Waals surface area contributed by atoms with Crippen molar-refractivity contribution in [2.45, 2.75) is 18.9 Å². The van der Waals surface area contributed by atoms with Gasteiger partial charge < -0.3 is 10.1 Å². The molecule has 0 unspecified atom stereocenters. The summed E-state index contributed by atoms with van der Waals surface area (Å²) in [6, 6.07) is 7.13. The van der Waals surface area contributed by atoms with Crippen LogP contribution in [0.5, 0.6) is 0 Å². The van der Waals surface area contributed by atoms with Crippen LogP contribution in [0.15, 0.2) is 24.3 Å². The van der Waals surface area contributed by atoms with Crippen molar-refractivity contribution in [1.29, 1.82) is 0 Å². The van der Waals surface area contributed by atoms with Crippen LogP contribution in [0.1, 0.15) is 12.8 Å². The number of para-hydroxylation sites is 1. The van der Waals surface area contributed by atoms with Gasteiger partial charge in [0.05, 0.1) is 5.69 Å². The quantitative estimate of drug-likeness (QED) is 0.782. The topological polar surface area (TPSA) is 21.3 Å². The van der Waals surface area contributed by atoms with E-state index in [1.807, 2.05) is 6.07 Å². The number of anilines is 1. The maximum absolute atomic E-state index is 13.3. The molecule has 2 nitrogen and oxygen atoms in total. The maximum Gasteiger partial charge on any atom is 0.146 e. The van der Waals surface area contributed by atoms with E-state index in [0.717, 1.165) is 26.1 Å². The van der Waals surface area contributed by atoms with Gasteiger partial charge in [-0.1, -0.05) is 12.1 Å². The van der Waals surface area contributed by atoms with E-state index in [-0.39, 0.29) is 5.82 Å². The van der Waals surface area contributed by atoms with Gasteiger partial charge in [-0.3, -0.25) is 0 Å². The van der Waals surface area contributed by atoms with Crippen molar-refractivity contribution >= 4 is 5.69 Å². The lowest BCUT2D eigenvalue weighted by atomic mass is 10.1. The fraction of sp³-hybridized carbons (Fsp3) is 0.455. The molecule has 14 heavy (non-hydrogen) atoms. The summed E-state index contributed by atoms with van der Waals surface area (Å²) in [5.41, 5.74) is 0.597. The molecule has 0 atom stereocenters. The molecule has 1 fully saturated rings. The van der Waals surface area contributed by atoms with E-state index in [2.05, 4.69) is 5.32 Å². The van der Waals surface area contributed by atoms with Crippen LogP contribution < -0.4 is 5.32 Å². The molecule has 1 aromatic rings. The smallest absolute Gasteiger partial charge is 0.146 e. The molecule has 0 amide bonds. The summed E-state index contributed by atoms with van der Waals surface area (Å²) in [7, 11) is 0. The molecule has 76 valence electrons. The van der Waals surface area contributed by atoms with Gasteiger partial charge in [0.25, 0.3) is 0 Å². The number of ether oxygens (including phenoxy) is 1. The van der Waals surface area contributed by atoms with Crippen molar-refractivity contribution in [2.75, 3.05) is 18.5 Å². The van der Waals surface area contributed by atoms with Crippen LogP contribution >= 0.6 is 0 Å². The van der Waals surface area contributed by atoms with E-state index < -0.39 is 0 Å². The number of halogens is 1. The summed E-state index contributed by atoms with van der Waals surface area (Å²) in [4.78, 5) is 0. The van der Waals surface area contributed by atoms with Crippen molar-refractivity contribution in [1.82, 2.24) is 0 Å². The Balaban J connectivity index is 1.99.